The van der Waals surface area contributed by atoms with E-state index >= 15 is 0 Å². The van der Waals surface area contributed by atoms with E-state index in [2.05, 4.69) is 9.97 Å². The zero-order valence-corrected chi connectivity index (χ0v) is 31.4. The monoisotopic (exact) mass is 808 g/mol. The minimum absolute atomic E-state index is 0.285. The number of nitrogens with one attached hydrogen (secondary N) is 2. The summed E-state index contributed by atoms with van der Waals surface area (Å²) in [5.41, 5.74) is 9.57. The number of aromatic amines is 2. The molecule has 4 N–H and O–H groups in total. The van der Waals surface area contributed by atoms with Gasteiger partial charge in [-0.25, -0.2) is 9.97 Å². The van der Waals surface area contributed by atoms with Crippen molar-refractivity contribution in [2.45, 2.75) is 9.79 Å². The molecule has 58 heavy (non-hydrogen) atoms. The van der Waals surface area contributed by atoms with E-state index in [0.717, 1.165) is 0 Å². The van der Waals surface area contributed by atoms with Crippen molar-refractivity contribution in [3.8, 4) is 44.5 Å². The summed E-state index contributed by atoms with van der Waals surface area (Å²) in [7, 11) is -8.96. The normalized spacial score (nSPS) is 12.6. The van der Waals surface area contributed by atoms with Gasteiger partial charge in [-0.05, 0) is 95.1 Å². The first-order valence-electron chi connectivity index (χ1n) is 17.5. The van der Waals surface area contributed by atoms with Crippen LogP contribution in [0.2, 0.25) is 0 Å². The molecule has 0 unspecified atom stereocenters. The second-order valence-electron chi connectivity index (χ2n) is 13.4. The molecule has 0 atom stereocenters. The summed E-state index contributed by atoms with van der Waals surface area (Å²) in [4.78, 5) is 16.7. The van der Waals surface area contributed by atoms with Crippen LogP contribution < -0.4 is 9.46 Å². The predicted octanol–water partition coefficient (Wildman–Crippen LogP) is 7.08. The van der Waals surface area contributed by atoms with Crippen molar-refractivity contribution in [1.82, 2.24) is 19.9 Å². The van der Waals surface area contributed by atoms with E-state index in [1.807, 2.05) is 48.6 Å². The standard InChI is InChI=1S/C42H28N6O8S2/c49-47-21-17-27(18-22-47)41-35-13-11-33(44-35)39(25-1-5-29(6-2-25)57(51,52)53)31-9-10-32(43-31)40(26-3-7-30(8-4-26)58(54,55)56)34-12-14-36(45-34)42(38-16-15-37(41)46-38)28-19-23-48(50)24-20-28/h1-24,43,46H,(H,51,52,53)(H,54,55,56). The van der Waals surface area contributed by atoms with Crippen LogP contribution >= 0.6 is 0 Å². The van der Waals surface area contributed by atoms with Crippen molar-refractivity contribution in [3.63, 3.8) is 0 Å². The van der Waals surface area contributed by atoms with Crippen LogP contribution in [0.15, 0.2) is 132 Å². The molecule has 7 heterocycles. The highest BCUT2D eigenvalue weighted by Gasteiger charge is 2.20. The third-order valence-corrected chi connectivity index (χ3v) is 11.6. The van der Waals surface area contributed by atoms with Crippen LogP contribution in [0.25, 0.3) is 90.9 Å². The predicted molar refractivity (Wildman–Crippen MR) is 218 cm³/mol. The maximum atomic E-state index is 12.1. The first-order valence-corrected chi connectivity index (χ1v) is 20.4. The van der Waals surface area contributed by atoms with E-state index in [1.165, 1.54) is 49.1 Å². The zero-order valence-electron chi connectivity index (χ0n) is 29.8. The summed E-state index contributed by atoms with van der Waals surface area (Å²) in [6, 6.07) is 25.6. The van der Waals surface area contributed by atoms with Gasteiger partial charge < -0.3 is 20.4 Å². The van der Waals surface area contributed by atoms with Gasteiger partial charge in [-0.15, -0.1) is 0 Å². The van der Waals surface area contributed by atoms with E-state index in [1.54, 1.807) is 48.5 Å². The smallest absolute Gasteiger partial charge is 0.294 e. The second-order valence-corrected chi connectivity index (χ2v) is 16.2. The third kappa shape index (κ3) is 6.71. The number of nitrogens with zero attached hydrogens (tertiary/aromatic N) is 4. The lowest BCUT2D eigenvalue weighted by molar-refractivity contribution is -0.605. The highest BCUT2D eigenvalue weighted by Crippen LogP contribution is 2.38. The number of H-pyrrole nitrogens is 2. The SMILES string of the molecule is O=S(=O)(O)c1ccc(-c2c3nc(c(-c4cc[n+]([O-])cc4)c4ccc([nH]4)c(-c4cc[n+]([O-])cc4)c4nc(c(-c5ccc(S(=O)(=O)O)cc5)c5ccc2[nH]5)C=C4)C=C3)cc1. The van der Waals surface area contributed by atoms with Gasteiger partial charge in [0.05, 0.1) is 32.6 Å². The van der Waals surface area contributed by atoms with Gasteiger partial charge in [-0.2, -0.15) is 26.3 Å². The maximum Gasteiger partial charge on any atom is 0.294 e. The van der Waals surface area contributed by atoms with Crippen LogP contribution in [0.4, 0.5) is 0 Å². The lowest BCUT2D eigenvalue weighted by Gasteiger charge is -2.07. The summed E-state index contributed by atoms with van der Waals surface area (Å²) >= 11 is 0. The van der Waals surface area contributed by atoms with Crippen molar-refractivity contribution in [2.75, 3.05) is 0 Å². The molecule has 0 amide bonds. The van der Waals surface area contributed by atoms with Crippen molar-refractivity contribution in [2.24, 2.45) is 0 Å². The van der Waals surface area contributed by atoms with Crippen molar-refractivity contribution in [3.05, 3.63) is 155 Å². The Balaban J connectivity index is 1.44. The molecule has 0 radical (unpaired) electrons. The van der Waals surface area contributed by atoms with Crippen molar-refractivity contribution < 1.29 is 35.4 Å². The van der Waals surface area contributed by atoms with E-state index in [-0.39, 0.29) is 9.79 Å². The summed E-state index contributed by atoms with van der Waals surface area (Å²) in [6.45, 7) is 0. The maximum absolute atomic E-state index is 12.1. The Morgan fingerprint density at radius 1 is 0.414 bits per heavy atom. The topological polar surface area (TPSA) is 220 Å². The Bertz CT molecular complexity index is 3050. The van der Waals surface area contributed by atoms with Crippen molar-refractivity contribution in [1.29, 1.82) is 0 Å². The summed E-state index contributed by atoms with van der Waals surface area (Å²) in [6.07, 6.45) is 12.9. The Labute approximate surface area is 330 Å². The van der Waals surface area contributed by atoms with Gasteiger partial charge in [0.25, 0.3) is 20.2 Å². The Morgan fingerprint density at radius 2 is 0.672 bits per heavy atom. The lowest BCUT2D eigenvalue weighted by Crippen LogP contribution is -2.23. The first-order chi connectivity index (χ1) is 27.8. The molecule has 2 aromatic carbocycles. The van der Waals surface area contributed by atoms with Gasteiger partial charge in [0, 0.05) is 68.6 Å². The van der Waals surface area contributed by atoms with Crippen LogP contribution in [0.1, 0.15) is 22.8 Å². The summed E-state index contributed by atoms with van der Waals surface area (Å²) in [5.74, 6) is 0. The minimum Gasteiger partial charge on any atom is -0.619 e. The fraction of sp³-hybridized carbons (Fsp3) is 0. The second kappa shape index (κ2) is 13.7. The lowest BCUT2D eigenvalue weighted by atomic mass is 10.0. The highest BCUT2D eigenvalue weighted by molar-refractivity contribution is 7.86. The van der Waals surface area contributed by atoms with E-state index in [9.17, 15) is 36.4 Å². The first kappa shape index (κ1) is 36.4. The van der Waals surface area contributed by atoms with Gasteiger partial charge in [-0.1, -0.05) is 24.3 Å². The summed E-state index contributed by atoms with van der Waals surface area (Å²) < 4.78 is 68.7. The van der Waals surface area contributed by atoms with Crippen molar-refractivity contribution >= 4 is 66.6 Å². The molecule has 2 aliphatic rings. The van der Waals surface area contributed by atoms with Crippen LogP contribution in [-0.2, 0) is 20.2 Å². The molecule has 0 aliphatic carbocycles. The van der Waals surface area contributed by atoms with Gasteiger partial charge in [0.2, 0.25) is 0 Å². The molecular formula is C42H28N6O8S2. The average Bonchev–Trinajstić information content (AvgIpc) is 4.04. The van der Waals surface area contributed by atoms with Crippen LogP contribution in [0.5, 0.6) is 0 Å². The van der Waals surface area contributed by atoms with Gasteiger partial charge in [0.15, 0.2) is 24.8 Å². The van der Waals surface area contributed by atoms with Gasteiger partial charge in [-0.3, -0.25) is 9.11 Å². The molecule has 14 nitrogen and oxygen atoms in total. The molecule has 286 valence electrons. The van der Waals surface area contributed by atoms with E-state index in [0.29, 0.717) is 98.8 Å². The number of fused-ring (bicyclic) bond motifs is 8. The quantitative estimate of drug-likeness (QED) is 0.0759. The van der Waals surface area contributed by atoms with Crippen LogP contribution in [0, 0.1) is 10.4 Å². The molecule has 16 heteroatoms. The largest absolute Gasteiger partial charge is 0.619 e. The van der Waals surface area contributed by atoms with Crippen LogP contribution in [0.3, 0.4) is 0 Å². The fourth-order valence-corrected chi connectivity index (χ4v) is 8.13. The number of hydrogen-bond acceptors (Lipinski definition) is 8. The van der Waals surface area contributed by atoms with E-state index < -0.39 is 20.2 Å². The Kier molecular flexibility index (Phi) is 8.63. The third-order valence-electron chi connectivity index (χ3n) is 9.82. The average molecular weight is 809 g/mol. The molecule has 0 fully saturated rings. The van der Waals surface area contributed by atoms with Gasteiger partial charge >= 0.3 is 0 Å². The Morgan fingerprint density at radius 3 is 0.931 bits per heavy atom. The zero-order chi connectivity index (χ0) is 40.3. The highest BCUT2D eigenvalue weighted by atomic mass is 32.2. The summed E-state index contributed by atoms with van der Waals surface area (Å²) in [5, 5.41) is 24.3. The number of pyridine rings is 2. The number of benzene rings is 2. The molecular weight excluding hydrogens is 781 g/mol. The molecule has 0 saturated heterocycles. The molecule has 0 spiro atoms. The molecule has 0 saturated carbocycles. The number of hydrogen-bond donors (Lipinski definition) is 4. The molecule has 7 aromatic rings. The van der Waals surface area contributed by atoms with Crippen LogP contribution in [-0.4, -0.2) is 45.9 Å². The minimum atomic E-state index is -4.48. The Hall–Kier alpha value is -7.24. The molecule has 8 bridgehead atoms. The fourth-order valence-electron chi connectivity index (χ4n) is 7.17. The van der Waals surface area contributed by atoms with Gasteiger partial charge in [0.1, 0.15) is 0 Å². The molecule has 9 rings (SSSR count). The molecule has 2 aliphatic heterocycles. The molecule has 5 aromatic heterocycles. The number of aromatic nitrogens is 6. The van der Waals surface area contributed by atoms with E-state index in [4.69, 9.17) is 9.97 Å². The number of rotatable bonds is 6.